The van der Waals surface area contributed by atoms with Gasteiger partial charge in [-0.25, -0.2) is 0 Å². The first-order valence-corrected chi connectivity index (χ1v) is 5.21. The van der Waals surface area contributed by atoms with Crippen molar-refractivity contribution < 1.29 is 14.3 Å². The summed E-state index contributed by atoms with van der Waals surface area (Å²) in [6, 6.07) is 9.01. The lowest BCUT2D eigenvalue weighted by Gasteiger charge is -2.13. The zero-order valence-electron chi connectivity index (χ0n) is 9.58. The van der Waals surface area contributed by atoms with Gasteiger partial charge in [-0.15, -0.1) is 0 Å². The van der Waals surface area contributed by atoms with Crippen molar-refractivity contribution in [1.82, 2.24) is 0 Å². The van der Waals surface area contributed by atoms with E-state index in [-0.39, 0.29) is 5.91 Å². The summed E-state index contributed by atoms with van der Waals surface area (Å²) in [6.07, 6.45) is -0.896. The summed E-state index contributed by atoms with van der Waals surface area (Å²) in [5.41, 5.74) is 1.14. The number of nitrogens with zero attached hydrogens (tertiary/aromatic N) is 2. The van der Waals surface area contributed by atoms with Crippen LogP contribution in [0.5, 0.6) is 0 Å². The molecular weight excluding hydrogens is 220 g/mol. The molecule has 0 saturated carbocycles. The summed E-state index contributed by atoms with van der Waals surface area (Å²) < 4.78 is 4.93. The Morgan fingerprint density at radius 2 is 2.00 bits per heavy atom. The number of rotatable bonds is 2. The van der Waals surface area contributed by atoms with Crippen molar-refractivity contribution in [1.29, 1.82) is 0 Å². The van der Waals surface area contributed by atoms with Gasteiger partial charge in [0, 0.05) is 6.92 Å². The van der Waals surface area contributed by atoms with Gasteiger partial charge in [0.15, 0.2) is 0 Å². The fourth-order valence-corrected chi connectivity index (χ4v) is 1.61. The maximum atomic E-state index is 12.0. The quantitative estimate of drug-likeness (QED) is 0.723. The monoisotopic (exact) mass is 232 g/mol. The number of carbonyl (C=O) groups excluding carboxylic acids is 2. The molecule has 0 N–H and O–H groups in total. The third-order valence-electron chi connectivity index (χ3n) is 2.35. The molecule has 1 aliphatic heterocycles. The Morgan fingerprint density at radius 3 is 2.59 bits per heavy atom. The van der Waals surface area contributed by atoms with Crippen LogP contribution in [0.4, 0.5) is 5.69 Å². The van der Waals surface area contributed by atoms with Crippen molar-refractivity contribution in [3.63, 3.8) is 0 Å². The van der Waals surface area contributed by atoms with Crippen molar-refractivity contribution in [3.8, 4) is 0 Å². The van der Waals surface area contributed by atoms with Gasteiger partial charge in [0.25, 0.3) is 5.91 Å². The van der Waals surface area contributed by atoms with Crippen LogP contribution in [0.1, 0.15) is 13.8 Å². The van der Waals surface area contributed by atoms with Gasteiger partial charge < -0.3 is 4.74 Å². The van der Waals surface area contributed by atoms with Gasteiger partial charge in [-0.2, -0.15) is 10.1 Å². The van der Waals surface area contributed by atoms with E-state index in [0.29, 0.717) is 11.4 Å². The molecule has 1 atom stereocenters. The standard InChI is InChI=1S/C12H12N2O3/c1-8-11(17-9(2)15)12(16)14(13-8)10-6-4-3-5-7-10/h3-7,11H,1-2H3/t11-/m1/s1. The first kappa shape index (κ1) is 11.3. The molecule has 0 bridgehead atoms. The summed E-state index contributed by atoms with van der Waals surface area (Å²) in [7, 11) is 0. The van der Waals surface area contributed by atoms with E-state index in [9.17, 15) is 9.59 Å². The van der Waals surface area contributed by atoms with E-state index < -0.39 is 12.1 Å². The fraction of sp³-hybridized carbons (Fsp3) is 0.250. The molecule has 0 aliphatic carbocycles. The van der Waals surface area contributed by atoms with Gasteiger partial charge >= 0.3 is 5.97 Å². The molecule has 1 aliphatic rings. The Kier molecular flexibility index (Phi) is 2.91. The SMILES string of the molecule is CC(=O)O[C@H]1C(=O)N(c2ccccc2)N=C1C. The maximum absolute atomic E-state index is 12.0. The molecular formula is C12H12N2O3. The van der Waals surface area contributed by atoms with Gasteiger partial charge in [-0.3, -0.25) is 9.59 Å². The van der Waals surface area contributed by atoms with Crippen molar-refractivity contribution in [2.24, 2.45) is 5.10 Å². The summed E-state index contributed by atoms with van der Waals surface area (Å²) in [5, 5.41) is 5.35. The number of hydrogen-bond donors (Lipinski definition) is 0. The van der Waals surface area contributed by atoms with E-state index in [2.05, 4.69) is 5.10 Å². The number of carbonyl (C=O) groups is 2. The molecule has 1 aromatic rings. The normalized spacial score (nSPS) is 19.2. The Balaban J connectivity index is 2.24. The number of hydrazone groups is 1. The Hall–Kier alpha value is -2.17. The molecule has 17 heavy (non-hydrogen) atoms. The highest BCUT2D eigenvalue weighted by molar-refractivity contribution is 6.17. The highest BCUT2D eigenvalue weighted by Crippen LogP contribution is 2.21. The van der Waals surface area contributed by atoms with Crippen LogP contribution in [0.25, 0.3) is 0 Å². The lowest BCUT2D eigenvalue weighted by Crippen LogP contribution is -2.34. The van der Waals surface area contributed by atoms with E-state index in [1.807, 2.05) is 18.2 Å². The number of esters is 1. The Bertz CT molecular complexity index is 482. The average Bonchev–Trinajstić information content (AvgIpc) is 2.58. The molecule has 0 spiro atoms. The third kappa shape index (κ3) is 2.18. The van der Waals surface area contributed by atoms with Crippen LogP contribution in [0.3, 0.4) is 0 Å². The smallest absolute Gasteiger partial charge is 0.303 e. The summed E-state index contributed by atoms with van der Waals surface area (Å²) in [4.78, 5) is 22.9. The van der Waals surface area contributed by atoms with E-state index >= 15 is 0 Å². The minimum atomic E-state index is -0.896. The minimum absolute atomic E-state index is 0.344. The van der Waals surface area contributed by atoms with Gasteiger partial charge in [0.1, 0.15) is 0 Å². The molecule has 1 amide bonds. The molecule has 0 unspecified atom stereocenters. The molecule has 0 radical (unpaired) electrons. The summed E-state index contributed by atoms with van der Waals surface area (Å²) in [5.74, 6) is -0.836. The lowest BCUT2D eigenvalue weighted by atomic mass is 10.2. The molecule has 1 aromatic carbocycles. The van der Waals surface area contributed by atoms with Crippen LogP contribution in [-0.2, 0) is 14.3 Å². The van der Waals surface area contributed by atoms with Crippen LogP contribution < -0.4 is 5.01 Å². The van der Waals surface area contributed by atoms with Gasteiger partial charge in [0.05, 0.1) is 11.4 Å². The molecule has 5 nitrogen and oxygen atoms in total. The average molecular weight is 232 g/mol. The summed E-state index contributed by atoms with van der Waals surface area (Å²) >= 11 is 0. The number of para-hydroxylation sites is 1. The molecule has 1 heterocycles. The third-order valence-corrected chi connectivity index (χ3v) is 2.35. The van der Waals surface area contributed by atoms with Crippen LogP contribution in [-0.4, -0.2) is 23.7 Å². The van der Waals surface area contributed by atoms with Gasteiger partial charge in [0.2, 0.25) is 6.10 Å². The fourth-order valence-electron chi connectivity index (χ4n) is 1.61. The van der Waals surface area contributed by atoms with Crippen LogP contribution in [0, 0.1) is 0 Å². The number of anilines is 1. The van der Waals surface area contributed by atoms with Crippen LogP contribution in [0.2, 0.25) is 0 Å². The predicted octanol–water partition coefficient (Wildman–Crippen LogP) is 1.34. The second kappa shape index (κ2) is 4.37. The van der Waals surface area contributed by atoms with E-state index in [0.717, 1.165) is 0 Å². The molecule has 5 heteroatoms. The second-order valence-corrected chi connectivity index (χ2v) is 3.72. The Labute approximate surface area is 98.7 Å². The highest BCUT2D eigenvalue weighted by Gasteiger charge is 2.36. The van der Waals surface area contributed by atoms with E-state index in [1.165, 1.54) is 11.9 Å². The van der Waals surface area contributed by atoms with Gasteiger partial charge in [-0.1, -0.05) is 18.2 Å². The van der Waals surface area contributed by atoms with Crippen LogP contribution in [0.15, 0.2) is 35.4 Å². The number of amides is 1. The zero-order valence-corrected chi connectivity index (χ0v) is 9.58. The number of benzene rings is 1. The van der Waals surface area contributed by atoms with Crippen molar-refractivity contribution >= 4 is 23.3 Å². The molecule has 0 fully saturated rings. The number of hydrogen-bond acceptors (Lipinski definition) is 4. The van der Waals surface area contributed by atoms with E-state index in [4.69, 9.17) is 4.74 Å². The zero-order chi connectivity index (χ0) is 12.4. The highest BCUT2D eigenvalue weighted by atomic mass is 16.5. The summed E-state index contributed by atoms with van der Waals surface area (Å²) in [6.45, 7) is 2.93. The van der Waals surface area contributed by atoms with Crippen molar-refractivity contribution in [2.45, 2.75) is 20.0 Å². The number of ether oxygens (including phenoxy) is 1. The van der Waals surface area contributed by atoms with Crippen LogP contribution >= 0.6 is 0 Å². The molecule has 0 aromatic heterocycles. The lowest BCUT2D eigenvalue weighted by molar-refractivity contribution is -0.148. The first-order chi connectivity index (χ1) is 8.09. The van der Waals surface area contributed by atoms with E-state index in [1.54, 1.807) is 19.1 Å². The second-order valence-electron chi connectivity index (χ2n) is 3.72. The first-order valence-electron chi connectivity index (χ1n) is 5.21. The topological polar surface area (TPSA) is 59.0 Å². The molecule has 0 saturated heterocycles. The van der Waals surface area contributed by atoms with Crippen molar-refractivity contribution in [2.75, 3.05) is 5.01 Å². The maximum Gasteiger partial charge on any atom is 0.303 e. The Morgan fingerprint density at radius 1 is 1.35 bits per heavy atom. The van der Waals surface area contributed by atoms with Crippen molar-refractivity contribution in [3.05, 3.63) is 30.3 Å². The van der Waals surface area contributed by atoms with Gasteiger partial charge in [-0.05, 0) is 19.1 Å². The molecule has 2 rings (SSSR count). The largest absolute Gasteiger partial charge is 0.446 e. The molecule has 88 valence electrons. The predicted molar refractivity (Wildman–Crippen MR) is 62.6 cm³/mol. The minimum Gasteiger partial charge on any atom is -0.446 e.